The van der Waals surface area contributed by atoms with Gasteiger partial charge in [0.25, 0.3) is 0 Å². The highest BCUT2D eigenvalue weighted by Gasteiger charge is 2.19. The number of aromatic nitrogens is 3. The standard InChI is InChI=1S/C36H29F3N4O3/c1-22-10-11-24(28(37)16-22)21-46-35-9-5-8-31(42-35)27-20-29(38)25(17-30(27)39)19-34-41-32-13-12-23(36(44)45)18-33(32)43(34)15-14-40-26-6-3-2-4-7-26/h2-13,16-18,20,40H,14-15,19,21H2,1H3,(H,44,45). The highest BCUT2D eigenvalue weighted by Crippen LogP contribution is 2.28. The molecule has 2 aromatic heterocycles. The summed E-state index contributed by atoms with van der Waals surface area (Å²) in [6, 6.07) is 25.9. The van der Waals surface area contributed by atoms with E-state index in [0.717, 1.165) is 23.4 Å². The lowest BCUT2D eigenvalue weighted by Crippen LogP contribution is -2.14. The zero-order valence-corrected chi connectivity index (χ0v) is 24.8. The van der Waals surface area contributed by atoms with Crippen LogP contribution in [0.1, 0.15) is 32.9 Å². The van der Waals surface area contributed by atoms with Crippen LogP contribution in [-0.2, 0) is 19.6 Å². The first kappa shape index (κ1) is 30.4. The molecule has 4 aromatic carbocycles. The number of carbonyl (C=O) groups is 1. The molecule has 0 spiro atoms. The Hall–Kier alpha value is -5.64. The third-order valence-corrected chi connectivity index (χ3v) is 7.58. The minimum atomic E-state index is -1.08. The van der Waals surface area contributed by atoms with Crippen molar-refractivity contribution < 1.29 is 27.8 Å². The Kier molecular flexibility index (Phi) is 8.69. The maximum Gasteiger partial charge on any atom is 0.335 e. The lowest BCUT2D eigenvalue weighted by atomic mass is 10.0. The van der Waals surface area contributed by atoms with E-state index in [9.17, 15) is 14.3 Å². The fraction of sp³-hybridized carbons (Fsp3) is 0.139. The van der Waals surface area contributed by atoms with Gasteiger partial charge in [-0.2, -0.15) is 0 Å². The molecule has 0 fully saturated rings. The van der Waals surface area contributed by atoms with Crippen LogP contribution in [0.2, 0.25) is 0 Å². The Morgan fingerprint density at radius 3 is 2.43 bits per heavy atom. The van der Waals surface area contributed by atoms with Crippen molar-refractivity contribution in [1.29, 1.82) is 0 Å². The van der Waals surface area contributed by atoms with E-state index in [0.29, 0.717) is 35.5 Å². The number of carboxylic acid groups (broad SMARTS) is 1. The van der Waals surface area contributed by atoms with Crippen molar-refractivity contribution in [3.8, 4) is 17.1 Å². The van der Waals surface area contributed by atoms with E-state index in [-0.39, 0.29) is 41.3 Å². The number of aromatic carboxylic acids is 1. The van der Waals surface area contributed by atoms with E-state index in [1.807, 2.05) is 34.9 Å². The number of imidazole rings is 1. The van der Waals surface area contributed by atoms with Crippen LogP contribution in [0.15, 0.2) is 97.1 Å². The van der Waals surface area contributed by atoms with Crippen LogP contribution in [0.25, 0.3) is 22.3 Å². The second-order valence-electron chi connectivity index (χ2n) is 10.8. The van der Waals surface area contributed by atoms with Gasteiger partial charge in [-0.25, -0.2) is 27.9 Å². The normalized spacial score (nSPS) is 11.1. The van der Waals surface area contributed by atoms with Crippen molar-refractivity contribution in [2.45, 2.75) is 26.5 Å². The van der Waals surface area contributed by atoms with Crippen LogP contribution in [0.5, 0.6) is 5.88 Å². The number of halogens is 3. The van der Waals surface area contributed by atoms with Gasteiger partial charge in [-0.15, -0.1) is 0 Å². The van der Waals surface area contributed by atoms with Gasteiger partial charge in [0.1, 0.15) is 29.9 Å². The molecule has 0 saturated heterocycles. The highest BCUT2D eigenvalue weighted by molar-refractivity contribution is 5.92. The first-order valence-electron chi connectivity index (χ1n) is 14.6. The van der Waals surface area contributed by atoms with Gasteiger partial charge in [-0.1, -0.05) is 36.4 Å². The molecule has 0 saturated carbocycles. The monoisotopic (exact) mass is 622 g/mol. The van der Waals surface area contributed by atoms with E-state index in [1.165, 1.54) is 24.3 Å². The van der Waals surface area contributed by atoms with Crippen molar-refractivity contribution in [3.63, 3.8) is 0 Å². The van der Waals surface area contributed by atoms with Gasteiger partial charge in [0.2, 0.25) is 5.88 Å². The van der Waals surface area contributed by atoms with Gasteiger partial charge in [0.15, 0.2) is 0 Å². The topological polar surface area (TPSA) is 89.3 Å². The van der Waals surface area contributed by atoms with Crippen molar-refractivity contribution >= 4 is 22.7 Å². The Balaban J connectivity index is 1.25. The highest BCUT2D eigenvalue weighted by atomic mass is 19.1. The summed E-state index contributed by atoms with van der Waals surface area (Å²) in [5.41, 5.74) is 3.44. The minimum Gasteiger partial charge on any atom is -0.478 e. The molecule has 2 N–H and O–H groups in total. The Labute approximate surface area is 263 Å². The Morgan fingerprint density at radius 1 is 0.848 bits per heavy atom. The van der Waals surface area contributed by atoms with Crippen LogP contribution in [0, 0.1) is 24.4 Å². The van der Waals surface area contributed by atoms with E-state index < -0.39 is 23.4 Å². The first-order valence-corrected chi connectivity index (χ1v) is 14.6. The number of hydrogen-bond acceptors (Lipinski definition) is 5. The number of ether oxygens (including phenoxy) is 1. The molecular formula is C36H29F3N4O3. The van der Waals surface area contributed by atoms with E-state index in [1.54, 1.807) is 37.3 Å². The molecule has 7 nitrogen and oxygen atoms in total. The van der Waals surface area contributed by atoms with Crippen LogP contribution < -0.4 is 10.1 Å². The zero-order chi connectivity index (χ0) is 32.2. The zero-order valence-electron chi connectivity index (χ0n) is 24.8. The number of rotatable bonds is 11. The summed E-state index contributed by atoms with van der Waals surface area (Å²) in [6.45, 7) is 2.59. The first-order chi connectivity index (χ1) is 22.2. The molecule has 2 heterocycles. The van der Waals surface area contributed by atoms with Gasteiger partial charge in [-0.05, 0) is 72.6 Å². The number of nitrogens with zero attached hydrogens (tertiary/aromatic N) is 3. The number of anilines is 1. The second kappa shape index (κ2) is 13.2. The van der Waals surface area contributed by atoms with Crippen LogP contribution in [0.3, 0.4) is 0 Å². The van der Waals surface area contributed by atoms with Crippen LogP contribution >= 0.6 is 0 Å². The summed E-state index contributed by atoms with van der Waals surface area (Å²) in [6.07, 6.45) is -0.0376. The van der Waals surface area contributed by atoms with Crippen molar-refractivity contribution in [2.75, 3.05) is 11.9 Å². The Morgan fingerprint density at radius 2 is 1.65 bits per heavy atom. The fourth-order valence-electron chi connectivity index (χ4n) is 5.21. The maximum atomic E-state index is 15.6. The minimum absolute atomic E-state index is 0.0376. The molecule has 6 rings (SSSR count). The lowest BCUT2D eigenvalue weighted by Gasteiger charge is -2.13. The van der Waals surface area contributed by atoms with Crippen LogP contribution in [-0.4, -0.2) is 32.2 Å². The number of fused-ring (bicyclic) bond motifs is 1. The van der Waals surface area contributed by atoms with Gasteiger partial charge in [-0.3, -0.25) is 0 Å². The maximum absolute atomic E-state index is 15.6. The van der Waals surface area contributed by atoms with Gasteiger partial charge < -0.3 is 19.7 Å². The largest absolute Gasteiger partial charge is 0.478 e. The summed E-state index contributed by atoms with van der Waals surface area (Å²) in [5, 5.41) is 12.9. The number of benzene rings is 4. The smallest absolute Gasteiger partial charge is 0.335 e. The number of para-hydroxylation sites is 1. The third-order valence-electron chi connectivity index (χ3n) is 7.58. The fourth-order valence-corrected chi connectivity index (χ4v) is 5.21. The molecule has 46 heavy (non-hydrogen) atoms. The van der Waals surface area contributed by atoms with E-state index in [2.05, 4.69) is 15.3 Å². The number of hydrogen-bond donors (Lipinski definition) is 2. The van der Waals surface area contributed by atoms with E-state index >= 15 is 8.78 Å². The average Bonchev–Trinajstić information content (AvgIpc) is 3.39. The molecule has 0 radical (unpaired) electrons. The molecule has 0 amide bonds. The number of nitrogens with one attached hydrogen (secondary N) is 1. The van der Waals surface area contributed by atoms with Gasteiger partial charge >= 0.3 is 5.97 Å². The van der Waals surface area contributed by atoms with Gasteiger partial charge in [0, 0.05) is 42.4 Å². The average molecular weight is 623 g/mol. The van der Waals surface area contributed by atoms with Crippen molar-refractivity contribution in [1.82, 2.24) is 14.5 Å². The molecule has 6 aromatic rings. The lowest BCUT2D eigenvalue weighted by molar-refractivity contribution is 0.0697. The van der Waals surface area contributed by atoms with Gasteiger partial charge in [0.05, 0.1) is 22.3 Å². The van der Waals surface area contributed by atoms with Crippen molar-refractivity contribution in [3.05, 3.63) is 143 Å². The SMILES string of the molecule is Cc1ccc(COc2cccc(-c3cc(F)c(Cc4nc5ccc(C(=O)O)cc5n4CCNc4ccccc4)cc3F)n2)c(F)c1. The molecule has 232 valence electrons. The predicted octanol–water partition coefficient (Wildman–Crippen LogP) is 7.80. The second-order valence-corrected chi connectivity index (χ2v) is 10.8. The van der Waals surface area contributed by atoms with Crippen molar-refractivity contribution in [2.24, 2.45) is 0 Å². The predicted molar refractivity (Wildman–Crippen MR) is 169 cm³/mol. The molecule has 0 bridgehead atoms. The summed E-state index contributed by atoms with van der Waals surface area (Å²) in [5.74, 6) is -2.23. The number of carboxylic acids is 1. The number of aryl methyl sites for hydroxylation is 1. The van der Waals surface area contributed by atoms with E-state index in [4.69, 9.17) is 4.74 Å². The van der Waals surface area contributed by atoms with Crippen LogP contribution in [0.4, 0.5) is 18.9 Å². The molecule has 0 aliphatic heterocycles. The molecule has 0 unspecified atom stereocenters. The number of pyridine rings is 1. The summed E-state index contributed by atoms with van der Waals surface area (Å²) in [4.78, 5) is 20.6. The molecule has 10 heteroatoms. The molecule has 0 aliphatic carbocycles. The Bertz CT molecular complexity index is 2050. The molecule has 0 atom stereocenters. The summed E-state index contributed by atoms with van der Waals surface area (Å²) in [7, 11) is 0. The molecule has 0 aliphatic rings. The third kappa shape index (κ3) is 6.71. The summed E-state index contributed by atoms with van der Waals surface area (Å²) < 4.78 is 52.8. The molecular weight excluding hydrogens is 593 g/mol. The quantitative estimate of drug-likeness (QED) is 0.153. The summed E-state index contributed by atoms with van der Waals surface area (Å²) >= 11 is 0.